The van der Waals surface area contributed by atoms with Crippen molar-refractivity contribution in [3.8, 4) is 0 Å². The van der Waals surface area contributed by atoms with Crippen LogP contribution in [-0.2, 0) is 4.79 Å². The van der Waals surface area contributed by atoms with Gasteiger partial charge in [-0.1, -0.05) is 15.9 Å². The maximum atomic E-state index is 12.8. The van der Waals surface area contributed by atoms with E-state index in [0.717, 1.165) is 39.5 Å². The summed E-state index contributed by atoms with van der Waals surface area (Å²) >= 11 is 3.43. The fourth-order valence-corrected chi connectivity index (χ4v) is 3.21. The second-order valence-electron chi connectivity index (χ2n) is 5.99. The quantitative estimate of drug-likeness (QED) is 0.887. The van der Waals surface area contributed by atoms with E-state index in [9.17, 15) is 9.59 Å². The Morgan fingerprint density at radius 1 is 1.39 bits per heavy atom. The fraction of sp³-hybridized carbons (Fsp3) is 0.353. The normalized spacial score (nSPS) is 14.0. The average molecular weight is 377 g/mol. The molecule has 0 saturated heterocycles. The molecule has 1 aromatic heterocycles. The minimum Gasteiger partial charge on any atom is -0.480 e. The van der Waals surface area contributed by atoms with E-state index in [1.54, 1.807) is 0 Å². The lowest BCUT2D eigenvalue weighted by Crippen LogP contribution is -2.32. The Morgan fingerprint density at radius 3 is 2.70 bits per heavy atom. The Labute approximate surface area is 142 Å². The molecule has 6 heteroatoms. The third-order valence-electron chi connectivity index (χ3n) is 4.13. The van der Waals surface area contributed by atoms with Crippen LogP contribution in [0, 0.1) is 6.92 Å². The highest BCUT2D eigenvalue weighted by Gasteiger charge is 2.30. The summed E-state index contributed by atoms with van der Waals surface area (Å²) in [7, 11) is 1.51. The molecule has 1 N–H and O–H groups in total. The molecule has 1 saturated carbocycles. The average Bonchev–Trinajstić information content (AvgIpc) is 3.30. The Bertz CT molecular complexity index is 815. The number of halogens is 1. The molecule has 23 heavy (non-hydrogen) atoms. The van der Waals surface area contributed by atoms with Gasteiger partial charge in [-0.15, -0.1) is 0 Å². The summed E-state index contributed by atoms with van der Waals surface area (Å²) in [6.07, 6.45) is 2.18. The van der Waals surface area contributed by atoms with Crippen molar-refractivity contribution in [2.75, 3.05) is 13.6 Å². The van der Waals surface area contributed by atoms with Gasteiger partial charge in [-0.2, -0.15) is 0 Å². The van der Waals surface area contributed by atoms with E-state index >= 15 is 0 Å². The maximum Gasteiger partial charge on any atom is 0.323 e. The largest absolute Gasteiger partial charge is 0.480 e. The lowest BCUT2D eigenvalue weighted by molar-refractivity contribution is -0.137. The van der Waals surface area contributed by atoms with Crippen LogP contribution in [0.2, 0.25) is 0 Å². The second-order valence-corrected chi connectivity index (χ2v) is 6.90. The van der Waals surface area contributed by atoms with E-state index in [1.807, 2.05) is 25.1 Å². The number of aromatic nitrogens is 1. The molecule has 0 atom stereocenters. The third kappa shape index (κ3) is 3.08. The lowest BCUT2D eigenvalue weighted by atomic mass is 9.98. The van der Waals surface area contributed by atoms with Gasteiger partial charge < -0.3 is 10.0 Å². The van der Waals surface area contributed by atoms with Crippen LogP contribution in [0.4, 0.5) is 0 Å². The Kier molecular flexibility index (Phi) is 4.10. The number of nitrogens with zero attached hydrogens (tertiary/aromatic N) is 2. The van der Waals surface area contributed by atoms with Crippen molar-refractivity contribution in [2.45, 2.75) is 25.7 Å². The van der Waals surface area contributed by atoms with Gasteiger partial charge in [0.1, 0.15) is 6.54 Å². The zero-order valence-electron chi connectivity index (χ0n) is 13.0. The second kappa shape index (κ2) is 5.92. The number of rotatable bonds is 4. The summed E-state index contributed by atoms with van der Waals surface area (Å²) in [5.41, 5.74) is 3.15. The van der Waals surface area contributed by atoms with Gasteiger partial charge in [0.25, 0.3) is 5.91 Å². The molecular formula is C17H17BrN2O3. The molecule has 0 unspecified atom stereocenters. The van der Waals surface area contributed by atoms with Crippen molar-refractivity contribution in [3.63, 3.8) is 0 Å². The van der Waals surface area contributed by atoms with E-state index < -0.39 is 5.97 Å². The molecule has 120 valence electrons. The van der Waals surface area contributed by atoms with Crippen LogP contribution in [-0.4, -0.2) is 40.5 Å². The number of carboxylic acids is 1. The van der Waals surface area contributed by atoms with Crippen LogP contribution in [0.1, 0.15) is 40.4 Å². The number of hydrogen-bond acceptors (Lipinski definition) is 3. The van der Waals surface area contributed by atoms with Gasteiger partial charge in [0.2, 0.25) is 0 Å². The van der Waals surface area contributed by atoms with Gasteiger partial charge in [-0.3, -0.25) is 14.6 Å². The van der Waals surface area contributed by atoms with Crippen LogP contribution in [0.15, 0.2) is 22.7 Å². The summed E-state index contributed by atoms with van der Waals surface area (Å²) in [5.74, 6) is -0.892. The number of carbonyl (C=O) groups is 2. The molecule has 1 fully saturated rings. The summed E-state index contributed by atoms with van der Waals surface area (Å²) in [6.45, 7) is 1.58. The summed E-state index contributed by atoms with van der Waals surface area (Å²) in [5, 5.41) is 9.70. The van der Waals surface area contributed by atoms with Gasteiger partial charge in [0.15, 0.2) is 0 Å². The molecule has 3 rings (SSSR count). The number of likely N-dealkylation sites (N-methyl/N-ethyl adjacent to an activating group) is 1. The first kappa shape index (κ1) is 15.9. The fourth-order valence-electron chi connectivity index (χ4n) is 2.85. The van der Waals surface area contributed by atoms with Crippen molar-refractivity contribution in [1.82, 2.24) is 9.88 Å². The van der Waals surface area contributed by atoms with Crippen molar-refractivity contribution >= 4 is 38.7 Å². The highest BCUT2D eigenvalue weighted by molar-refractivity contribution is 9.10. The predicted molar refractivity (Wildman–Crippen MR) is 90.8 cm³/mol. The third-order valence-corrected chi connectivity index (χ3v) is 4.62. The van der Waals surface area contributed by atoms with Crippen LogP contribution in [0.3, 0.4) is 0 Å². The van der Waals surface area contributed by atoms with E-state index in [4.69, 9.17) is 10.1 Å². The van der Waals surface area contributed by atoms with Gasteiger partial charge in [0.05, 0.1) is 11.1 Å². The van der Waals surface area contributed by atoms with Crippen molar-refractivity contribution in [1.29, 1.82) is 0 Å². The molecule has 1 amide bonds. The molecule has 5 nitrogen and oxygen atoms in total. The van der Waals surface area contributed by atoms with Gasteiger partial charge in [-0.25, -0.2) is 0 Å². The van der Waals surface area contributed by atoms with Crippen molar-refractivity contribution < 1.29 is 14.7 Å². The first-order valence-electron chi connectivity index (χ1n) is 7.45. The number of aliphatic carboxylic acids is 1. The van der Waals surface area contributed by atoms with Gasteiger partial charge >= 0.3 is 5.97 Å². The minimum atomic E-state index is -1.03. The topological polar surface area (TPSA) is 70.5 Å². The van der Waals surface area contributed by atoms with Gasteiger partial charge in [-0.05, 0) is 43.5 Å². The maximum absolute atomic E-state index is 12.8. The molecule has 0 aliphatic heterocycles. The minimum absolute atomic E-state index is 0.280. The summed E-state index contributed by atoms with van der Waals surface area (Å²) in [4.78, 5) is 29.7. The number of hydrogen-bond donors (Lipinski definition) is 1. The standard InChI is InChI=1S/C17H17BrN2O3/c1-9-15(17(23)20(2)8-14(21)22)12-7-11(18)5-6-13(12)19-16(9)10-3-4-10/h5-7,10H,3-4,8H2,1-2H3,(H,21,22). The summed E-state index contributed by atoms with van der Waals surface area (Å²) < 4.78 is 0.861. The molecule has 0 bridgehead atoms. The van der Waals surface area contributed by atoms with E-state index in [0.29, 0.717) is 11.5 Å². The number of fused-ring (bicyclic) bond motifs is 1. The van der Waals surface area contributed by atoms with Crippen LogP contribution >= 0.6 is 15.9 Å². The Hall–Kier alpha value is -1.95. The number of benzene rings is 1. The Balaban J connectivity index is 2.19. The molecular weight excluding hydrogens is 360 g/mol. The molecule has 0 spiro atoms. The van der Waals surface area contributed by atoms with E-state index in [2.05, 4.69) is 15.9 Å². The zero-order valence-corrected chi connectivity index (χ0v) is 14.6. The first-order valence-corrected chi connectivity index (χ1v) is 8.24. The number of pyridine rings is 1. The van der Waals surface area contributed by atoms with Crippen molar-refractivity contribution in [3.05, 3.63) is 39.5 Å². The van der Waals surface area contributed by atoms with Crippen LogP contribution in [0.25, 0.3) is 10.9 Å². The molecule has 1 aliphatic carbocycles. The summed E-state index contributed by atoms with van der Waals surface area (Å²) in [6, 6.07) is 5.66. The number of carbonyl (C=O) groups excluding carboxylic acids is 1. The molecule has 2 aromatic rings. The smallest absolute Gasteiger partial charge is 0.323 e. The zero-order chi connectivity index (χ0) is 16.7. The number of carboxylic acid groups (broad SMARTS) is 1. The van der Waals surface area contributed by atoms with Crippen molar-refractivity contribution in [2.24, 2.45) is 0 Å². The molecule has 1 aromatic carbocycles. The SMILES string of the molecule is Cc1c(C2CC2)nc2ccc(Br)cc2c1C(=O)N(C)CC(=O)O. The molecule has 1 aliphatic rings. The predicted octanol–water partition coefficient (Wildman–Crippen LogP) is 3.34. The monoisotopic (exact) mass is 376 g/mol. The molecule has 1 heterocycles. The Morgan fingerprint density at radius 2 is 2.09 bits per heavy atom. The van der Waals surface area contributed by atoms with Crippen LogP contribution < -0.4 is 0 Å². The highest BCUT2D eigenvalue weighted by Crippen LogP contribution is 2.42. The van der Waals surface area contributed by atoms with Crippen LogP contribution in [0.5, 0.6) is 0 Å². The van der Waals surface area contributed by atoms with E-state index in [1.165, 1.54) is 11.9 Å². The highest BCUT2D eigenvalue weighted by atomic mass is 79.9. The molecule has 0 radical (unpaired) electrons. The lowest BCUT2D eigenvalue weighted by Gasteiger charge is -2.19. The first-order chi connectivity index (χ1) is 10.9. The number of amides is 1. The van der Waals surface area contributed by atoms with E-state index in [-0.39, 0.29) is 12.5 Å². The van der Waals surface area contributed by atoms with Gasteiger partial charge in [0, 0.05) is 28.5 Å².